The molecule has 0 saturated carbocycles. The van der Waals surface area contributed by atoms with Gasteiger partial charge >= 0.3 is 0 Å². The van der Waals surface area contributed by atoms with Crippen LogP contribution in [0.2, 0.25) is 0 Å². The number of tetrazole rings is 1. The summed E-state index contributed by atoms with van der Waals surface area (Å²) in [5.74, 6) is 0.658. The van der Waals surface area contributed by atoms with E-state index in [1.54, 1.807) is 4.80 Å². The number of anilines is 1. The molecule has 0 radical (unpaired) electrons. The maximum atomic E-state index is 4.32. The Bertz CT molecular complexity index is 475. The van der Waals surface area contributed by atoms with Crippen LogP contribution in [0, 0.1) is 0 Å². The van der Waals surface area contributed by atoms with E-state index in [2.05, 4.69) is 20.7 Å². The zero-order valence-corrected chi connectivity index (χ0v) is 9.68. The number of benzene rings is 1. The van der Waals surface area contributed by atoms with Gasteiger partial charge in [-0.3, -0.25) is 0 Å². The number of nitrogens with one attached hydrogen (secondary N) is 1. The zero-order chi connectivity index (χ0) is 11.5. The molecule has 2 rings (SSSR count). The second-order valence-corrected chi connectivity index (χ2v) is 3.86. The van der Waals surface area contributed by atoms with Gasteiger partial charge in [-0.25, -0.2) is 0 Å². The van der Waals surface area contributed by atoms with Crippen LogP contribution >= 0.6 is 0 Å². The molecule has 1 aromatic heterocycles. The first kappa shape index (κ1) is 10.6. The minimum atomic E-state index is 0.230. The molecular weight excluding hydrogens is 202 g/mol. The van der Waals surface area contributed by atoms with Crippen LogP contribution in [0.15, 0.2) is 24.3 Å². The van der Waals surface area contributed by atoms with Gasteiger partial charge in [0, 0.05) is 18.3 Å². The molecule has 2 aromatic rings. The van der Waals surface area contributed by atoms with E-state index in [1.807, 2.05) is 45.2 Å². The van der Waals surface area contributed by atoms with Crippen molar-refractivity contribution in [3.05, 3.63) is 24.3 Å². The van der Waals surface area contributed by atoms with Gasteiger partial charge in [0.2, 0.25) is 5.82 Å². The molecule has 1 aromatic carbocycles. The normalized spacial score (nSPS) is 10.8. The molecule has 0 unspecified atom stereocenters. The van der Waals surface area contributed by atoms with Crippen molar-refractivity contribution < 1.29 is 0 Å². The molecule has 0 saturated heterocycles. The molecule has 1 heterocycles. The molecule has 0 bridgehead atoms. The van der Waals surface area contributed by atoms with Crippen molar-refractivity contribution in [2.24, 2.45) is 0 Å². The molecule has 1 N–H and O–H groups in total. The summed E-state index contributed by atoms with van der Waals surface area (Å²) >= 11 is 0. The van der Waals surface area contributed by atoms with Gasteiger partial charge in [0.1, 0.15) is 0 Å². The highest BCUT2D eigenvalue weighted by Crippen LogP contribution is 2.18. The maximum absolute atomic E-state index is 4.32. The quantitative estimate of drug-likeness (QED) is 0.853. The van der Waals surface area contributed by atoms with E-state index < -0.39 is 0 Å². The van der Waals surface area contributed by atoms with Crippen LogP contribution in [0.1, 0.15) is 19.9 Å². The maximum Gasteiger partial charge on any atom is 0.205 e. The SMILES string of the molecule is CNc1cccc(-c2nnn(C(C)C)n2)c1. The zero-order valence-electron chi connectivity index (χ0n) is 9.68. The highest BCUT2D eigenvalue weighted by Gasteiger charge is 2.07. The topological polar surface area (TPSA) is 55.6 Å². The van der Waals surface area contributed by atoms with E-state index in [9.17, 15) is 0 Å². The van der Waals surface area contributed by atoms with Crippen LogP contribution in [0.4, 0.5) is 5.69 Å². The molecule has 0 spiro atoms. The van der Waals surface area contributed by atoms with Crippen molar-refractivity contribution in [3.63, 3.8) is 0 Å². The first-order chi connectivity index (χ1) is 7.70. The van der Waals surface area contributed by atoms with Gasteiger partial charge < -0.3 is 5.32 Å². The second-order valence-electron chi connectivity index (χ2n) is 3.86. The summed E-state index contributed by atoms with van der Waals surface area (Å²) in [6.07, 6.45) is 0. The Hall–Kier alpha value is -1.91. The fourth-order valence-corrected chi connectivity index (χ4v) is 1.37. The Morgan fingerprint density at radius 1 is 1.31 bits per heavy atom. The number of hydrogen-bond donors (Lipinski definition) is 1. The largest absolute Gasteiger partial charge is 0.388 e. The van der Waals surface area contributed by atoms with E-state index in [4.69, 9.17) is 0 Å². The van der Waals surface area contributed by atoms with Crippen molar-refractivity contribution in [2.75, 3.05) is 12.4 Å². The lowest BCUT2D eigenvalue weighted by molar-refractivity contribution is 0.455. The smallest absolute Gasteiger partial charge is 0.205 e. The summed E-state index contributed by atoms with van der Waals surface area (Å²) in [7, 11) is 1.89. The highest BCUT2D eigenvalue weighted by atomic mass is 15.6. The van der Waals surface area contributed by atoms with Gasteiger partial charge in [0.05, 0.1) is 6.04 Å². The summed E-state index contributed by atoms with van der Waals surface area (Å²) in [4.78, 5) is 1.61. The molecular formula is C11H15N5. The summed E-state index contributed by atoms with van der Waals surface area (Å²) in [5, 5.41) is 15.4. The van der Waals surface area contributed by atoms with Gasteiger partial charge in [0.15, 0.2) is 0 Å². The lowest BCUT2D eigenvalue weighted by Crippen LogP contribution is -2.04. The average molecular weight is 217 g/mol. The van der Waals surface area contributed by atoms with Crippen LogP contribution in [0.25, 0.3) is 11.4 Å². The average Bonchev–Trinajstić information content (AvgIpc) is 2.78. The predicted octanol–water partition coefficient (Wildman–Crippen LogP) is 1.96. The Morgan fingerprint density at radius 3 is 2.75 bits per heavy atom. The third-order valence-corrected chi connectivity index (χ3v) is 2.30. The Kier molecular flexibility index (Phi) is 2.85. The van der Waals surface area contributed by atoms with Crippen LogP contribution < -0.4 is 5.32 Å². The van der Waals surface area contributed by atoms with Crippen molar-refractivity contribution in [1.29, 1.82) is 0 Å². The first-order valence-electron chi connectivity index (χ1n) is 5.28. The minimum absolute atomic E-state index is 0.230. The number of nitrogens with zero attached hydrogens (tertiary/aromatic N) is 4. The van der Waals surface area contributed by atoms with Crippen LogP contribution in [-0.4, -0.2) is 27.3 Å². The molecule has 0 aliphatic carbocycles. The van der Waals surface area contributed by atoms with E-state index in [0.717, 1.165) is 11.3 Å². The molecule has 0 aliphatic rings. The Morgan fingerprint density at radius 2 is 2.12 bits per heavy atom. The van der Waals surface area contributed by atoms with E-state index >= 15 is 0 Å². The number of rotatable bonds is 3. The third kappa shape index (κ3) is 2.03. The van der Waals surface area contributed by atoms with Crippen molar-refractivity contribution in [2.45, 2.75) is 19.9 Å². The van der Waals surface area contributed by atoms with Gasteiger partial charge in [-0.05, 0) is 31.2 Å². The van der Waals surface area contributed by atoms with Crippen molar-refractivity contribution >= 4 is 5.69 Å². The lowest BCUT2D eigenvalue weighted by Gasteiger charge is -2.01. The summed E-state index contributed by atoms with van der Waals surface area (Å²) < 4.78 is 0. The van der Waals surface area contributed by atoms with Gasteiger partial charge in [0.25, 0.3) is 0 Å². The van der Waals surface area contributed by atoms with Gasteiger partial charge in [-0.1, -0.05) is 12.1 Å². The van der Waals surface area contributed by atoms with Crippen molar-refractivity contribution in [1.82, 2.24) is 20.2 Å². The summed E-state index contributed by atoms with van der Waals surface area (Å²) in [5.41, 5.74) is 2.01. The molecule has 5 heteroatoms. The number of hydrogen-bond acceptors (Lipinski definition) is 4. The van der Waals surface area contributed by atoms with Crippen molar-refractivity contribution in [3.8, 4) is 11.4 Å². The molecule has 84 valence electrons. The van der Waals surface area contributed by atoms with Gasteiger partial charge in [-0.2, -0.15) is 4.80 Å². The van der Waals surface area contributed by atoms with E-state index in [-0.39, 0.29) is 6.04 Å². The fraction of sp³-hybridized carbons (Fsp3) is 0.364. The molecule has 0 aliphatic heterocycles. The highest BCUT2D eigenvalue weighted by molar-refractivity contribution is 5.61. The van der Waals surface area contributed by atoms with E-state index in [1.165, 1.54) is 0 Å². The monoisotopic (exact) mass is 217 g/mol. The summed E-state index contributed by atoms with van der Waals surface area (Å²) in [6, 6.07) is 8.17. The Labute approximate surface area is 94.5 Å². The van der Waals surface area contributed by atoms with Crippen LogP contribution in [0.5, 0.6) is 0 Å². The lowest BCUT2D eigenvalue weighted by atomic mass is 10.2. The van der Waals surface area contributed by atoms with Crippen LogP contribution in [0.3, 0.4) is 0 Å². The fourth-order valence-electron chi connectivity index (χ4n) is 1.37. The predicted molar refractivity (Wildman–Crippen MR) is 63.2 cm³/mol. The van der Waals surface area contributed by atoms with E-state index in [0.29, 0.717) is 5.82 Å². The Balaban J connectivity index is 2.34. The van der Waals surface area contributed by atoms with Crippen LogP contribution in [-0.2, 0) is 0 Å². The molecule has 0 amide bonds. The number of aromatic nitrogens is 4. The molecule has 16 heavy (non-hydrogen) atoms. The standard InChI is InChI=1S/C11H15N5/c1-8(2)16-14-11(13-15-16)9-5-4-6-10(7-9)12-3/h4-8,12H,1-3H3. The molecule has 0 atom stereocenters. The molecule has 5 nitrogen and oxygen atoms in total. The third-order valence-electron chi connectivity index (χ3n) is 2.30. The van der Waals surface area contributed by atoms with Gasteiger partial charge in [-0.15, -0.1) is 10.2 Å². The molecule has 0 fully saturated rings. The summed E-state index contributed by atoms with van der Waals surface area (Å²) in [6.45, 7) is 4.05. The first-order valence-corrected chi connectivity index (χ1v) is 5.28. The minimum Gasteiger partial charge on any atom is -0.388 e. The second kappa shape index (κ2) is 4.30.